The molecule has 5 heteroatoms. The Bertz CT molecular complexity index is 396. The van der Waals surface area contributed by atoms with Gasteiger partial charge in [-0.3, -0.25) is 9.36 Å². The summed E-state index contributed by atoms with van der Waals surface area (Å²) in [5.74, 6) is 1.40. The smallest absolute Gasteiger partial charge is 0.212 e. The van der Waals surface area contributed by atoms with Crippen molar-refractivity contribution in [2.75, 3.05) is 5.32 Å². The SMILES string of the molecule is C=C/C=C(/Br)n1cc(NC=O)nc1CC.CC. The second-order valence-electron chi connectivity index (χ2n) is 2.75. The van der Waals surface area contributed by atoms with E-state index in [2.05, 4.69) is 32.8 Å². The molecule has 1 amide bonds. The van der Waals surface area contributed by atoms with Crippen LogP contribution in [0.15, 0.2) is 24.9 Å². The maximum atomic E-state index is 10.3. The number of carbonyl (C=O) groups is 1. The lowest BCUT2D eigenvalue weighted by molar-refractivity contribution is -0.105. The van der Waals surface area contributed by atoms with E-state index in [1.54, 1.807) is 12.3 Å². The number of allylic oxidation sites excluding steroid dienone is 2. The summed E-state index contributed by atoms with van der Waals surface area (Å²) in [6.07, 6.45) is 6.62. The number of nitrogens with zero attached hydrogens (tertiary/aromatic N) is 2. The number of imidazole rings is 1. The van der Waals surface area contributed by atoms with E-state index in [4.69, 9.17) is 0 Å². The predicted octanol–water partition coefficient (Wildman–Crippen LogP) is 3.42. The zero-order chi connectivity index (χ0) is 13.3. The fraction of sp³-hybridized carbons (Fsp3) is 0.333. The molecular formula is C12H18BrN3O. The highest BCUT2D eigenvalue weighted by Crippen LogP contribution is 2.19. The summed E-state index contributed by atoms with van der Waals surface area (Å²) in [7, 11) is 0. The zero-order valence-corrected chi connectivity index (χ0v) is 12.0. The number of amides is 1. The average molecular weight is 300 g/mol. The lowest BCUT2D eigenvalue weighted by atomic mass is 10.4. The highest BCUT2D eigenvalue weighted by Gasteiger charge is 2.07. The van der Waals surface area contributed by atoms with Gasteiger partial charge in [-0.1, -0.05) is 33.4 Å². The van der Waals surface area contributed by atoms with E-state index in [1.807, 2.05) is 31.4 Å². The molecule has 0 aliphatic carbocycles. The van der Waals surface area contributed by atoms with E-state index in [0.29, 0.717) is 12.2 Å². The Morgan fingerprint density at radius 2 is 2.29 bits per heavy atom. The number of aryl methyl sites for hydroxylation is 1. The molecule has 0 saturated heterocycles. The summed E-state index contributed by atoms with van der Waals surface area (Å²) in [5, 5.41) is 2.51. The lowest BCUT2D eigenvalue weighted by Gasteiger charge is -2.02. The maximum absolute atomic E-state index is 10.3. The minimum absolute atomic E-state index is 0.538. The molecule has 94 valence electrons. The Morgan fingerprint density at radius 1 is 1.65 bits per heavy atom. The van der Waals surface area contributed by atoms with Crippen LogP contribution in [-0.2, 0) is 11.2 Å². The normalized spacial score (nSPS) is 10.2. The summed E-state index contributed by atoms with van der Waals surface area (Å²) in [5.41, 5.74) is 0. The molecule has 1 rings (SSSR count). The van der Waals surface area contributed by atoms with Crippen molar-refractivity contribution in [3.05, 3.63) is 30.8 Å². The number of hydrogen-bond acceptors (Lipinski definition) is 2. The first-order chi connectivity index (χ1) is 8.22. The van der Waals surface area contributed by atoms with Gasteiger partial charge in [-0.2, -0.15) is 0 Å². The van der Waals surface area contributed by atoms with E-state index in [0.717, 1.165) is 16.9 Å². The Hall–Kier alpha value is -1.36. The van der Waals surface area contributed by atoms with Gasteiger partial charge in [0.05, 0.1) is 10.8 Å². The van der Waals surface area contributed by atoms with Gasteiger partial charge in [0.1, 0.15) is 5.82 Å². The van der Waals surface area contributed by atoms with Crippen LogP contribution in [0.1, 0.15) is 26.6 Å². The van der Waals surface area contributed by atoms with Crippen molar-refractivity contribution in [1.29, 1.82) is 0 Å². The van der Waals surface area contributed by atoms with Crippen LogP contribution in [0.25, 0.3) is 4.61 Å². The number of anilines is 1. The second kappa shape index (κ2) is 8.75. The molecule has 0 saturated carbocycles. The van der Waals surface area contributed by atoms with E-state index in [1.165, 1.54) is 0 Å². The van der Waals surface area contributed by atoms with Crippen molar-refractivity contribution in [2.24, 2.45) is 0 Å². The number of hydrogen-bond donors (Lipinski definition) is 1. The summed E-state index contributed by atoms with van der Waals surface area (Å²) in [6, 6.07) is 0. The van der Waals surface area contributed by atoms with Crippen LogP contribution in [0.4, 0.5) is 5.82 Å². The van der Waals surface area contributed by atoms with Crippen molar-refractivity contribution < 1.29 is 4.79 Å². The molecule has 0 aliphatic heterocycles. The van der Waals surface area contributed by atoms with E-state index in [9.17, 15) is 4.79 Å². The maximum Gasteiger partial charge on any atom is 0.212 e. The van der Waals surface area contributed by atoms with Gasteiger partial charge in [0, 0.05) is 6.42 Å². The van der Waals surface area contributed by atoms with Gasteiger partial charge in [-0.15, -0.1) is 0 Å². The fourth-order valence-corrected chi connectivity index (χ4v) is 1.65. The number of rotatable bonds is 5. The van der Waals surface area contributed by atoms with Crippen LogP contribution < -0.4 is 5.32 Å². The molecule has 0 radical (unpaired) electrons. The van der Waals surface area contributed by atoms with E-state index < -0.39 is 0 Å². The van der Waals surface area contributed by atoms with Crippen molar-refractivity contribution in [2.45, 2.75) is 27.2 Å². The van der Waals surface area contributed by atoms with Gasteiger partial charge < -0.3 is 5.32 Å². The highest BCUT2D eigenvalue weighted by molar-refractivity contribution is 9.14. The molecule has 0 spiro atoms. The van der Waals surface area contributed by atoms with Crippen LogP contribution in [-0.4, -0.2) is 16.0 Å². The highest BCUT2D eigenvalue weighted by atomic mass is 79.9. The number of carbonyl (C=O) groups excluding carboxylic acids is 1. The first kappa shape index (κ1) is 15.6. The standard InChI is InChI=1S/C10H12BrN3O.C2H6/c1-3-5-8(11)14-6-9(12-7-15)13-10(14)4-2;1-2/h3,5-7H,1,4H2,2H3,(H,12,15);1-2H3/b8-5-;. The number of halogens is 1. The largest absolute Gasteiger partial charge is 0.312 e. The molecule has 1 aromatic heterocycles. The third-order valence-corrected chi connectivity index (χ3v) is 2.43. The number of aromatic nitrogens is 2. The lowest BCUT2D eigenvalue weighted by Crippen LogP contribution is -1.96. The molecule has 4 nitrogen and oxygen atoms in total. The van der Waals surface area contributed by atoms with E-state index in [-0.39, 0.29) is 0 Å². The van der Waals surface area contributed by atoms with Crippen LogP contribution >= 0.6 is 15.9 Å². The zero-order valence-electron chi connectivity index (χ0n) is 10.4. The van der Waals surface area contributed by atoms with Gasteiger partial charge in [-0.05, 0) is 22.0 Å². The first-order valence-electron chi connectivity index (χ1n) is 5.50. The molecule has 17 heavy (non-hydrogen) atoms. The van der Waals surface area contributed by atoms with Crippen molar-refractivity contribution in [3.63, 3.8) is 0 Å². The third-order valence-electron chi connectivity index (χ3n) is 1.79. The Labute approximate surface area is 111 Å². The van der Waals surface area contributed by atoms with Gasteiger partial charge >= 0.3 is 0 Å². The van der Waals surface area contributed by atoms with Crippen LogP contribution in [0.3, 0.4) is 0 Å². The molecule has 0 aliphatic rings. The van der Waals surface area contributed by atoms with Crippen molar-refractivity contribution in [3.8, 4) is 0 Å². The summed E-state index contributed by atoms with van der Waals surface area (Å²) in [4.78, 5) is 14.5. The predicted molar refractivity (Wildman–Crippen MR) is 76.0 cm³/mol. The topological polar surface area (TPSA) is 46.9 Å². The average Bonchev–Trinajstić information content (AvgIpc) is 2.76. The molecule has 0 unspecified atom stereocenters. The Morgan fingerprint density at radius 3 is 2.76 bits per heavy atom. The molecular weight excluding hydrogens is 282 g/mol. The van der Waals surface area contributed by atoms with Crippen molar-refractivity contribution >= 4 is 32.8 Å². The molecule has 0 bridgehead atoms. The minimum Gasteiger partial charge on any atom is -0.312 e. The molecule has 1 aromatic rings. The fourth-order valence-electron chi connectivity index (χ4n) is 1.16. The second-order valence-corrected chi connectivity index (χ2v) is 3.57. The van der Waals surface area contributed by atoms with Gasteiger partial charge in [0.25, 0.3) is 0 Å². The van der Waals surface area contributed by atoms with Crippen molar-refractivity contribution in [1.82, 2.24) is 9.55 Å². The Kier molecular flexibility index (Phi) is 8.05. The van der Waals surface area contributed by atoms with E-state index >= 15 is 0 Å². The molecule has 0 fully saturated rings. The summed E-state index contributed by atoms with van der Waals surface area (Å²) in [6.45, 7) is 9.61. The minimum atomic E-state index is 0.538. The van der Waals surface area contributed by atoms with Crippen LogP contribution in [0, 0.1) is 0 Å². The third kappa shape index (κ3) is 4.56. The molecule has 0 atom stereocenters. The van der Waals surface area contributed by atoms with Gasteiger partial charge in [0.2, 0.25) is 6.41 Å². The quantitative estimate of drug-likeness (QED) is 0.669. The van der Waals surface area contributed by atoms with Gasteiger partial charge in [0.15, 0.2) is 5.82 Å². The first-order valence-corrected chi connectivity index (χ1v) is 6.29. The number of nitrogens with one attached hydrogen (secondary N) is 1. The summed E-state index contributed by atoms with van der Waals surface area (Å²) < 4.78 is 2.69. The Balaban J connectivity index is 0.00000121. The van der Waals surface area contributed by atoms with Crippen LogP contribution in [0.2, 0.25) is 0 Å². The molecule has 1 N–H and O–H groups in total. The van der Waals surface area contributed by atoms with Crippen LogP contribution in [0.5, 0.6) is 0 Å². The summed E-state index contributed by atoms with van der Waals surface area (Å²) >= 11 is 3.40. The molecule has 0 aromatic carbocycles. The monoisotopic (exact) mass is 299 g/mol. The van der Waals surface area contributed by atoms with Gasteiger partial charge in [-0.25, -0.2) is 4.98 Å². The molecule has 1 heterocycles.